The Hall–Kier alpha value is -3.56. The highest BCUT2D eigenvalue weighted by Crippen LogP contribution is 2.28. The van der Waals surface area contributed by atoms with Gasteiger partial charge >= 0.3 is 0 Å². The van der Waals surface area contributed by atoms with Gasteiger partial charge in [-0.25, -0.2) is 8.42 Å². The van der Waals surface area contributed by atoms with Crippen LogP contribution >= 0.6 is 34.8 Å². The van der Waals surface area contributed by atoms with E-state index in [4.69, 9.17) is 34.8 Å². The van der Waals surface area contributed by atoms with Crippen LogP contribution < -0.4 is 9.62 Å². The maximum atomic E-state index is 14.5. The monoisotopic (exact) mass is 685 g/mol. The molecule has 236 valence electrons. The lowest BCUT2D eigenvalue weighted by molar-refractivity contribution is -0.140. The van der Waals surface area contributed by atoms with Crippen LogP contribution in [0.1, 0.15) is 30.0 Å². The SMILES string of the molecule is CCCNC(=O)[C@H](Cc1ccccc1)N(Cc1ccc(Cl)cc1Cl)C(=O)CN(c1ccc(Cl)cc1)S(=O)(=O)c1ccc(C)cc1. The van der Waals surface area contributed by atoms with E-state index < -0.39 is 28.5 Å². The maximum absolute atomic E-state index is 14.5. The number of carbonyl (C=O) groups is 2. The molecule has 4 aromatic carbocycles. The van der Waals surface area contributed by atoms with Crippen molar-refractivity contribution in [2.24, 2.45) is 0 Å². The molecule has 0 aromatic heterocycles. The number of nitrogens with zero attached hydrogens (tertiary/aromatic N) is 2. The standard InChI is InChI=1S/C34H34Cl3N3O4S/c1-3-19-38-34(42)32(20-25-7-5-4-6-8-25)39(22-26-11-12-28(36)21-31(26)37)33(41)23-40(29-15-13-27(35)14-16-29)45(43,44)30-17-9-24(2)10-18-30/h4-18,21,32H,3,19-20,22-23H2,1-2H3,(H,38,42)/t32-/m0/s1. The third-order valence-electron chi connectivity index (χ3n) is 7.18. The van der Waals surface area contributed by atoms with Gasteiger partial charge in [0.25, 0.3) is 10.0 Å². The minimum absolute atomic E-state index is 0.0182. The van der Waals surface area contributed by atoms with Gasteiger partial charge in [0, 0.05) is 34.6 Å². The summed E-state index contributed by atoms with van der Waals surface area (Å²) in [5.41, 5.74) is 2.51. The number of benzene rings is 4. The lowest BCUT2D eigenvalue weighted by atomic mass is 10.0. The first-order chi connectivity index (χ1) is 21.5. The number of aryl methyl sites for hydroxylation is 1. The molecule has 0 heterocycles. The first kappa shape index (κ1) is 34.3. The van der Waals surface area contributed by atoms with Crippen LogP contribution in [0.15, 0.2) is 102 Å². The Morgan fingerprint density at radius 2 is 1.49 bits per heavy atom. The van der Waals surface area contributed by atoms with E-state index in [2.05, 4.69) is 5.32 Å². The molecular formula is C34H34Cl3N3O4S. The Bertz CT molecular complexity index is 1720. The van der Waals surface area contributed by atoms with E-state index in [1.54, 1.807) is 42.5 Å². The van der Waals surface area contributed by atoms with Crippen molar-refractivity contribution in [3.8, 4) is 0 Å². The number of nitrogens with one attached hydrogen (secondary N) is 1. The lowest BCUT2D eigenvalue weighted by Crippen LogP contribution is -2.53. The molecule has 0 aliphatic rings. The van der Waals surface area contributed by atoms with Crippen molar-refractivity contribution in [2.75, 3.05) is 17.4 Å². The number of carbonyl (C=O) groups excluding carboxylic acids is 2. The van der Waals surface area contributed by atoms with Crippen LogP contribution in [0.5, 0.6) is 0 Å². The average Bonchev–Trinajstić information content (AvgIpc) is 3.02. The minimum atomic E-state index is -4.22. The number of sulfonamides is 1. The Morgan fingerprint density at radius 1 is 0.844 bits per heavy atom. The topological polar surface area (TPSA) is 86.8 Å². The van der Waals surface area contributed by atoms with Crippen molar-refractivity contribution in [1.82, 2.24) is 10.2 Å². The highest BCUT2D eigenvalue weighted by Gasteiger charge is 2.35. The summed E-state index contributed by atoms with van der Waals surface area (Å²) in [6, 6.07) is 25.8. The number of rotatable bonds is 13. The molecule has 4 aromatic rings. The van der Waals surface area contributed by atoms with Crippen LogP contribution in [-0.2, 0) is 32.6 Å². The summed E-state index contributed by atoms with van der Waals surface area (Å²) < 4.78 is 29.2. The fourth-order valence-corrected chi connectivity index (χ4v) is 6.74. The van der Waals surface area contributed by atoms with E-state index in [-0.39, 0.29) is 29.5 Å². The zero-order valence-corrected chi connectivity index (χ0v) is 28.0. The Morgan fingerprint density at radius 3 is 2.11 bits per heavy atom. The lowest BCUT2D eigenvalue weighted by Gasteiger charge is -2.34. The molecule has 0 unspecified atom stereocenters. The van der Waals surface area contributed by atoms with Crippen LogP contribution in [0.3, 0.4) is 0 Å². The van der Waals surface area contributed by atoms with Crippen molar-refractivity contribution in [3.05, 3.63) is 129 Å². The van der Waals surface area contributed by atoms with E-state index >= 15 is 0 Å². The summed E-state index contributed by atoms with van der Waals surface area (Å²) in [7, 11) is -4.22. The van der Waals surface area contributed by atoms with Crippen LogP contribution in [-0.4, -0.2) is 44.3 Å². The van der Waals surface area contributed by atoms with Gasteiger partial charge in [-0.05, 0) is 73.0 Å². The average molecular weight is 687 g/mol. The number of halogens is 3. The first-order valence-corrected chi connectivity index (χ1v) is 17.0. The quantitative estimate of drug-likeness (QED) is 0.160. The summed E-state index contributed by atoms with van der Waals surface area (Å²) in [5, 5.41) is 4.06. The van der Waals surface area contributed by atoms with Crippen LogP contribution in [0.25, 0.3) is 0 Å². The molecule has 0 saturated carbocycles. The van der Waals surface area contributed by atoms with Crippen molar-refractivity contribution in [2.45, 2.75) is 44.2 Å². The van der Waals surface area contributed by atoms with Gasteiger partial charge in [-0.3, -0.25) is 13.9 Å². The first-order valence-electron chi connectivity index (χ1n) is 14.4. The number of hydrogen-bond acceptors (Lipinski definition) is 4. The molecule has 0 bridgehead atoms. The molecule has 0 fully saturated rings. The second kappa shape index (κ2) is 15.6. The molecule has 11 heteroatoms. The molecule has 0 saturated heterocycles. The van der Waals surface area contributed by atoms with E-state index in [0.29, 0.717) is 33.6 Å². The molecule has 0 radical (unpaired) electrons. The largest absolute Gasteiger partial charge is 0.354 e. The van der Waals surface area contributed by atoms with E-state index in [1.807, 2.05) is 44.2 Å². The molecule has 0 aliphatic heterocycles. The van der Waals surface area contributed by atoms with Gasteiger partial charge in [0.15, 0.2) is 0 Å². The maximum Gasteiger partial charge on any atom is 0.264 e. The van der Waals surface area contributed by atoms with E-state index in [1.165, 1.54) is 29.2 Å². The van der Waals surface area contributed by atoms with Crippen molar-refractivity contribution >= 4 is 62.3 Å². The fraction of sp³-hybridized carbons (Fsp3) is 0.235. The second-order valence-electron chi connectivity index (χ2n) is 10.6. The second-order valence-corrected chi connectivity index (χ2v) is 13.7. The van der Waals surface area contributed by atoms with Crippen molar-refractivity contribution in [1.29, 1.82) is 0 Å². The summed E-state index contributed by atoms with van der Waals surface area (Å²) in [4.78, 5) is 29.6. The van der Waals surface area contributed by atoms with Gasteiger partial charge in [0.05, 0.1) is 10.6 Å². The Kier molecular flexibility index (Phi) is 11.9. The molecule has 4 rings (SSSR count). The smallest absolute Gasteiger partial charge is 0.264 e. The summed E-state index contributed by atoms with van der Waals surface area (Å²) in [6.07, 6.45) is 0.888. The van der Waals surface area contributed by atoms with Crippen LogP contribution in [0, 0.1) is 6.92 Å². The number of anilines is 1. The van der Waals surface area contributed by atoms with Crippen molar-refractivity contribution in [3.63, 3.8) is 0 Å². The van der Waals surface area contributed by atoms with Crippen molar-refractivity contribution < 1.29 is 18.0 Å². The highest BCUT2D eigenvalue weighted by molar-refractivity contribution is 7.92. The molecule has 1 N–H and O–H groups in total. The van der Waals surface area contributed by atoms with Gasteiger partial charge in [-0.1, -0.05) is 95.8 Å². The number of amides is 2. The van der Waals surface area contributed by atoms with Crippen LogP contribution in [0.4, 0.5) is 5.69 Å². The van der Waals surface area contributed by atoms with Gasteiger partial charge in [0.1, 0.15) is 12.6 Å². The summed E-state index contributed by atoms with van der Waals surface area (Å²) in [6.45, 7) is 3.54. The van der Waals surface area contributed by atoms with E-state index in [9.17, 15) is 18.0 Å². The predicted octanol–water partition coefficient (Wildman–Crippen LogP) is 7.32. The summed E-state index contributed by atoms with van der Waals surface area (Å²) in [5.74, 6) is -0.960. The molecule has 2 amide bonds. The Balaban J connectivity index is 1.81. The zero-order valence-electron chi connectivity index (χ0n) is 24.9. The van der Waals surface area contributed by atoms with Gasteiger partial charge in [-0.2, -0.15) is 0 Å². The van der Waals surface area contributed by atoms with Gasteiger partial charge in [0.2, 0.25) is 11.8 Å². The summed E-state index contributed by atoms with van der Waals surface area (Å²) >= 11 is 18.8. The minimum Gasteiger partial charge on any atom is -0.354 e. The molecule has 45 heavy (non-hydrogen) atoms. The highest BCUT2D eigenvalue weighted by atomic mass is 35.5. The molecular weight excluding hydrogens is 653 g/mol. The normalized spacial score (nSPS) is 11.9. The third kappa shape index (κ3) is 9.01. The zero-order chi connectivity index (χ0) is 32.6. The molecule has 0 spiro atoms. The number of hydrogen-bond donors (Lipinski definition) is 1. The Labute approximate surface area is 279 Å². The fourth-order valence-electron chi connectivity index (χ4n) is 4.73. The van der Waals surface area contributed by atoms with Gasteiger partial charge < -0.3 is 10.2 Å². The van der Waals surface area contributed by atoms with E-state index in [0.717, 1.165) is 15.4 Å². The predicted molar refractivity (Wildman–Crippen MR) is 181 cm³/mol. The molecule has 1 atom stereocenters. The molecule has 7 nitrogen and oxygen atoms in total. The third-order valence-corrected chi connectivity index (χ3v) is 9.81. The van der Waals surface area contributed by atoms with Gasteiger partial charge in [-0.15, -0.1) is 0 Å². The van der Waals surface area contributed by atoms with Crippen LogP contribution in [0.2, 0.25) is 15.1 Å². The molecule has 0 aliphatic carbocycles.